The molecule has 9 nitrogen and oxygen atoms in total. The van der Waals surface area contributed by atoms with Crippen LogP contribution in [-0.4, -0.2) is 87.3 Å². The number of ether oxygens (including phenoxy) is 3. The summed E-state index contributed by atoms with van der Waals surface area (Å²) in [6.07, 6.45) is 0.308. The third-order valence-corrected chi connectivity index (χ3v) is 4.55. The number of aryl methyl sites for hydroxylation is 1. The monoisotopic (exact) mass is 459 g/mol. The van der Waals surface area contributed by atoms with Crippen LogP contribution in [0.2, 0.25) is 0 Å². The Kier molecular flexibility index (Phi) is 13.6. The average molecular weight is 460 g/mol. The van der Waals surface area contributed by atoms with Crippen LogP contribution < -0.4 is 15.4 Å². The second kappa shape index (κ2) is 15.7. The number of amides is 2. The van der Waals surface area contributed by atoms with Crippen molar-refractivity contribution < 1.29 is 28.9 Å². The van der Waals surface area contributed by atoms with Crippen molar-refractivity contribution in [3.05, 3.63) is 29.8 Å². The van der Waals surface area contributed by atoms with Crippen LogP contribution >= 0.6 is 12.4 Å². The van der Waals surface area contributed by atoms with Crippen LogP contribution in [0.25, 0.3) is 0 Å². The summed E-state index contributed by atoms with van der Waals surface area (Å²) >= 11 is 0. The maximum absolute atomic E-state index is 11.9. The van der Waals surface area contributed by atoms with Gasteiger partial charge in [0.25, 0.3) is 0 Å². The Labute approximate surface area is 189 Å². The fraction of sp³-hybridized carbons (Fsp3) is 0.619. The van der Waals surface area contributed by atoms with Gasteiger partial charge in [0.1, 0.15) is 18.5 Å². The Morgan fingerprint density at radius 2 is 1.90 bits per heavy atom. The van der Waals surface area contributed by atoms with E-state index in [4.69, 9.17) is 14.2 Å². The number of esters is 1. The minimum atomic E-state index is -0.663. The third kappa shape index (κ3) is 11.2. The molecule has 1 aliphatic heterocycles. The van der Waals surface area contributed by atoms with E-state index in [9.17, 15) is 14.7 Å². The highest BCUT2D eigenvalue weighted by molar-refractivity contribution is 5.85. The lowest BCUT2D eigenvalue weighted by atomic mass is 10.1. The van der Waals surface area contributed by atoms with Crippen molar-refractivity contribution in [2.75, 3.05) is 59.2 Å². The van der Waals surface area contributed by atoms with Crippen molar-refractivity contribution in [1.29, 1.82) is 0 Å². The number of hydrogen-bond acceptors (Lipinski definition) is 7. The van der Waals surface area contributed by atoms with Gasteiger partial charge in [0.05, 0.1) is 19.8 Å². The molecule has 1 heterocycles. The molecule has 2 rings (SSSR count). The van der Waals surface area contributed by atoms with Gasteiger partial charge >= 0.3 is 12.0 Å². The molecule has 0 aliphatic carbocycles. The Bertz CT molecular complexity index is 641. The number of halogens is 1. The van der Waals surface area contributed by atoms with Crippen LogP contribution in [0.15, 0.2) is 24.3 Å². The van der Waals surface area contributed by atoms with Crippen molar-refractivity contribution >= 4 is 24.4 Å². The summed E-state index contributed by atoms with van der Waals surface area (Å²) in [7, 11) is 0. The number of aliphatic hydroxyl groups excluding tert-OH is 1. The fourth-order valence-electron chi connectivity index (χ4n) is 2.89. The Morgan fingerprint density at radius 1 is 1.19 bits per heavy atom. The highest BCUT2D eigenvalue weighted by Gasteiger charge is 2.15. The fourth-order valence-corrected chi connectivity index (χ4v) is 2.89. The molecule has 0 spiro atoms. The lowest BCUT2D eigenvalue weighted by Crippen LogP contribution is -2.47. The molecule has 31 heavy (non-hydrogen) atoms. The van der Waals surface area contributed by atoms with Gasteiger partial charge in [-0.2, -0.15) is 0 Å². The summed E-state index contributed by atoms with van der Waals surface area (Å²) in [6, 6.07) is 7.35. The van der Waals surface area contributed by atoms with Crippen molar-refractivity contribution in [3.63, 3.8) is 0 Å². The van der Waals surface area contributed by atoms with E-state index >= 15 is 0 Å². The van der Waals surface area contributed by atoms with Crippen LogP contribution in [0.4, 0.5) is 4.79 Å². The Balaban J connectivity index is 0.00000480. The van der Waals surface area contributed by atoms with Crippen molar-refractivity contribution in [1.82, 2.24) is 15.5 Å². The molecule has 3 N–H and O–H groups in total. The smallest absolute Gasteiger partial charge is 0.317 e. The second-order valence-corrected chi connectivity index (χ2v) is 6.95. The molecule has 1 aliphatic rings. The van der Waals surface area contributed by atoms with Crippen LogP contribution in [0, 0.1) is 0 Å². The molecule has 0 bridgehead atoms. The average Bonchev–Trinajstić information content (AvgIpc) is 2.77. The lowest BCUT2D eigenvalue weighted by Gasteiger charge is -2.27. The van der Waals surface area contributed by atoms with Crippen molar-refractivity contribution in [2.45, 2.75) is 25.9 Å². The number of morpholine rings is 1. The van der Waals surface area contributed by atoms with Crippen LogP contribution in [0.5, 0.6) is 5.75 Å². The van der Waals surface area contributed by atoms with Crippen molar-refractivity contribution in [3.8, 4) is 5.75 Å². The quantitative estimate of drug-likeness (QED) is 0.315. The van der Waals surface area contributed by atoms with Crippen LogP contribution in [0.3, 0.4) is 0 Å². The standard InChI is InChI=1S/C21H33N3O6.ClH/c1-2-29-20(26)8-5-17-3-6-19(7-4-17)30-16-18(25)15-22-9-10-23-21(27)24-11-13-28-14-12-24;/h3-4,6-7,18,22,25H,2,5,8-16H2,1H3,(H,23,27);1H/t18-;/m0./s1. The molecule has 10 heteroatoms. The van der Waals surface area contributed by atoms with E-state index < -0.39 is 6.10 Å². The second-order valence-electron chi connectivity index (χ2n) is 6.95. The highest BCUT2D eigenvalue weighted by Crippen LogP contribution is 2.14. The van der Waals surface area contributed by atoms with E-state index in [1.807, 2.05) is 24.3 Å². The summed E-state index contributed by atoms with van der Waals surface area (Å²) in [5, 5.41) is 16.0. The van der Waals surface area contributed by atoms with E-state index in [0.717, 1.165) is 5.56 Å². The van der Waals surface area contributed by atoms with Gasteiger partial charge in [-0.25, -0.2) is 4.79 Å². The minimum Gasteiger partial charge on any atom is -0.491 e. The molecule has 176 valence electrons. The summed E-state index contributed by atoms with van der Waals surface area (Å²) in [4.78, 5) is 25.0. The number of urea groups is 1. The first kappa shape index (κ1) is 27.0. The van der Waals surface area contributed by atoms with Gasteiger partial charge in [0.15, 0.2) is 0 Å². The maximum Gasteiger partial charge on any atom is 0.317 e. The molecule has 1 atom stereocenters. The lowest BCUT2D eigenvalue weighted by molar-refractivity contribution is -0.143. The number of hydrogen-bond donors (Lipinski definition) is 3. The third-order valence-electron chi connectivity index (χ3n) is 4.55. The van der Waals surface area contributed by atoms with Gasteiger partial charge in [-0.1, -0.05) is 12.1 Å². The summed E-state index contributed by atoms with van der Waals surface area (Å²) < 4.78 is 15.7. The molecule has 0 radical (unpaired) electrons. The van der Waals surface area contributed by atoms with Gasteiger partial charge in [-0.15, -0.1) is 12.4 Å². The number of rotatable bonds is 12. The number of benzene rings is 1. The van der Waals surface area contributed by atoms with Gasteiger partial charge < -0.3 is 34.9 Å². The van der Waals surface area contributed by atoms with E-state index in [1.165, 1.54) is 0 Å². The zero-order valence-electron chi connectivity index (χ0n) is 18.0. The van der Waals surface area contributed by atoms with Gasteiger partial charge in [0.2, 0.25) is 0 Å². The Morgan fingerprint density at radius 3 is 2.58 bits per heavy atom. The van der Waals surface area contributed by atoms with E-state index in [0.29, 0.717) is 71.1 Å². The van der Waals surface area contributed by atoms with Crippen LogP contribution in [0.1, 0.15) is 18.9 Å². The molecule has 0 saturated carbocycles. The number of nitrogens with zero attached hydrogens (tertiary/aromatic N) is 1. The van der Waals surface area contributed by atoms with E-state index in [2.05, 4.69) is 10.6 Å². The molecule has 2 amide bonds. The molecular weight excluding hydrogens is 426 g/mol. The molecule has 0 aromatic heterocycles. The maximum atomic E-state index is 11.9. The Hall–Kier alpha value is -2.07. The normalized spacial score (nSPS) is 14.3. The number of carbonyl (C=O) groups excluding carboxylic acids is 2. The predicted molar refractivity (Wildman–Crippen MR) is 119 cm³/mol. The van der Waals surface area contributed by atoms with Gasteiger partial charge in [0, 0.05) is 39.1 Å². The molecular formula is C21H34ClN3O6. The van der Waals surface area contributed by atoms with Crippen LogP contribution in [-0.2, 0) is 20.7 Å². The predicted octanol–water partition coefficient (Wildman–Crippen LogP) is 0.975. The molecule has 1 aromatic rings. The van der Waals surface area contributed by atoms with Gasteiger partial charge in [-0.05, 0) is 31.0 Å². The number of aliphatic hydroxyl groups is 1. The van der Waals surface area contributed by atoms with Crippen molar-refractivity contribution in [2.24, 2.45) is 0 Å². The number of nitrogens with one attached hydrogen (secondary N) is 2. The summed E-state index contributed by atoms with van der Waals surface area (Å²) in [5.74, 6) is 0.459. The molecule has 1 saturated heterocycles. The number of carbonyl (C=O) groups is 2. The molecule has 1 aromatic carbocycles. The zero-order valence-corrected chi connectivity index (χ0v) is 18.8. The van der Waals surface area contributed by atoms with E-state index in [1.54, 1.807) is 11.8 Å². The molecule has 1 fully saturated rings. The first-order valence-electron chi connectivity index (χ1n) is 10.4. The summed E-state index contributed by atoms with van der Waals surface area (Å²) in [5.41, 5.74) is 1.02. The topological polar surface area (TPSA) is 109 Å². The zero-order chi connectivity index (χ0) is 21.6. The highest BCUT2D eigenvalue weighted by atomic mass is 35.5. The first-order valence-corrected chi connectivity index (χ1v) is 10.4. The SMILES string of the molecule is CCOC(=O)CCc1ccc(OC[C@@H](O)CNCCNC(=O)N2CCOCC2)cc1.Cl. The van der Waals surface area contributed by atoms with E-state index in [-0.39, 0.29) is 31.0 Å². The van der Waals surface area contributed by atoms with Gasteiger partial charge in [-0.3, -0.25) is 4.79 Å². The largest absolute Gasteiger partial charge is 0.491 e. The first-order chi connectivity index (χ1) is 14.6. The minimum absolute atomic E-state index is 0. The molecule has 0 unspecified atom stereocenters. The summed E-state index contributed by atoms with van der Waals surface area (Å²) in [6.45, 7) is 6.13.